The summed E-state index contributed by atoms with van der Waals surface area (Å²) in [6, 6.07) is 0.393. The van der Waals surface area contributed by atoms with E-state index in [-0.39, 0.29) is 24.2 Å². The number of nitrogens with zero attached hydrogens (tertiary/aromatic N) is 2. The Morgan fingerprint density at radius 2 is 2.05 bits per heavy atom. The molecule has 0 saturated carbocycles. The SMILES string of the molecule is COC(=O)C1CC(OCC(C)N2CCC(O)C2)CN1C(C)C. The van der Waals surface area contributed by atoms with Crippen LogP contribution in [0.3, 0.4) is 0 Å². The Hall–Kier alpha value is -0.690. The van der Waals surface area contributed by atoms with Gasteiger partial charge in [0.25, 0.3) is 0 Å². The van der Waals surface area contributed by atoms with E-state index < -0.39 is 0 Å². The monoisotopic (exact) mass is 314 g/mol. The summed E-state index contributed by atoms with van der Waals surface area (Å²) < 4.78 is 11.0. The molecule has 2 aliphatic rings. The van der Waals surface area contributed by atoms with Crippen molar-refractivity contribution in [2.24, 2.45) is 0 Å². The van der Waals surface area contributed by atoms with E-state index in [1.807, 2.05) is 0 Å². The molecule has 2 heterocycles. The largest absolute Gasteiger partial charge is 0.468 e. The van der Waals surface area contributed by atoms with Crippen LogP contribution in [0.4, 0.5) is 0 Å². The number of ether oxygens (including phenoxy) is 2. The van der Waals surface area contributed by atoms with Crippen molar-refractivity contribution in [3.05, 3.63) is 0 Å². The van der Waals surface area contributed by atoms with Crippen molar-refractivity contribution in [2.45, 2.75) is 63.9 Å². The van der Waals surface area contributed by atoms with Crippen LogP contribution in [0.2, 0.25) is 0 Å². The zero-order chi connectivity index (χ0) is 16.3. The fourth-order valence-electron chi connectivity index (χ4n) is 3.43. The molecule has 2 aliphatic heterocycles. The molecule has 1 N–H and O–H groups in total. The maximum absolute atomic E-state index is 11.9. The van der Waals surface area contributed by atoms with Crippen LogP contribution in [0.15, 0.2) is 0 Å². The van der Waals surface area contributed by atoms with Crippen molar-refractivity contribution in [3.63, 3.8) is 0 Å². The molecule has 0 aromatic heterocycles. The Kier molecular flexibility index (Phi) is 6.20. The van der Waals surface area contributed by atoms with Gasteiger partial charge in [-0.15, -0.1) is 0 Å². The summed E-state index contributed by atoms with van der Waals surface area (Å²) in [5.41, 5.74) is 0. The molecule has 0 aromatic rings. The highest BCUT2D eigenvalue weighted by Gasteiger charge is 2.39. The number of carbonyl (C=O) groups is 1. The number of likely N-dealkylation sites (tertiary alicyclic amines) is 2. The van der Waals surface area contributed by atoms with Gasteiger partial charge in [0.2, 0.25) is 0 Å². The second kappa shape index (κ2) is 7.73. The van der Waals surface area contributed by atoms with Gasteiger partial charge in [-0.1, -0.05) is 0 Å². The molecule has 0 aromatic carbocycles. The minimum absolute atomic E-state index is 0.0708. The van der Waals surface area contributed by atoms with E-state index in [2.05, 4.69) is 30.6 Å². The Balaban J connectivity index is 1.82. The van der Waals surface area contributed by atoms with E-state index in [9.17, 15) is 9.90 Å². The lowest BCUT2D eigenvalue weighted by Gasteiger charge is -2.26. The van der Waals surface area contributed by atoms with Gasteiger partial charge in [0.1, 0.15) is 6.04 Å². The van der Waals surface area contributed by atoms with Gasteiger partial charge in [0.15, 0.2) is 0 Å². The summed E-state index contributed by atoms with van der Waals surface area (Å²) in [6.45, 7) is 9.38. The topological polar surface area (TPSA) is 62.2 Å². The van der Waals surface area contributed by atoms with E-state index in [0.29, 0.717) is 25.1 Å². The third-order valence-corrected chi connectivity index (χ3v) is 4.83. The summed E-state index contributed by atoms with van der Waals surface area (Å²) >= 11 is 0. The number of rotatable bonds is 6. The maximum Gasteiger partial charge on any atom is 0.323 e. The van der Waals surface area contributed by atoms with Crippen molar-refractivity contribution in [1.29, 1.82) is 0 Å². The molecule has 0 bridgehead atoms. The van der Waals surface area contributed by atoms with Crippen LogP contribution in [0.25, 0.3) is 0 Å². The lowest BCUT2D eigenvalue weighted by molar-refractivity contribution is -0.146. The number of hydrogen-bond donors (Lipinski definition) is 1. The molecule has 2 fully saturated rings. The highest BCUT2D eigenvalue weighted by Crippen LogP contribution is 2.24. The molecule has 2 rings (SSSR count). The van der Waals surface area contributed by atoms with Gasteiger partial charge in [0.05, 0.1) is 25.9 Å². The summed E-state index contributed by atoms with van der Waals surface area (Å²) in [6.07, 6.45) is 1.41. The van der Waals surface area contributed by atoms with E-state index in [1.54, 1.807) is 0 Å². The Bertz CT molecular complexity index is 377. The number of methoxy groups -OCH3 is 1. The van der Waals surface area contributed by atoms with Crippen LogP contribution in [0, 0.1) is 0 Å². The second-order valence-electron chi connectivity index (χ2n) is 6.81. The highest BCUT2D eigenvalue weighted by molar-refractivity contribution is 5.76. The zero-order valence-electron chi connectivity index (χ0n) is 14.2. The molecular weight excluding hydrogens is 284 g/mol. The van der Waals surface area contributed by atoms with Crippen molar-refractivity contribution < 1.29 is 19.4 Å². The van der Waals surface area contributed by atoms with Gasteiger partial charge < -0.3 is 14.6 Å². The lowest BCUT2D eigenvalue weighted by Crippen LogP contribution is -2.41. The molecule has 0 amide bonds. The van der Waals surface area contributed by atoms with E-state index in [1.165, 1.54) is 7.11 Å². The Labute approximate surface area is 133 Å². The first kappa shape index (κ1) is 17.7. The predicted molar refractivity (Wildman–Crippen MR) is 83.7 cm³/mol. The number of aliphatic hydroxyl groups excluding tert-OH is 1. The molecule has 4 atom stereocenters. The van der Waals surface area contributed by atoms with Crippen LogP contribution in [-0.4, -0.2) is 84.6 Å². The van der Waals surface area contributed by atoms with Gasteiger partial charge in [-0.3, -0.25) is 14.6 Å². The number of carbonyl (C=O) groups excluding carboxylic acids is 1. The average Bonchev–Trinajstić information content (AvgIpc) is 3.10. The zero-order valence-corrected chi connectivity index (χ0v) is 14.2. The number of esters is 1. The quantitative estimate of drug-likeness (QED) is 0.720. The van der Waals surface area contributed by atoms with Crippen LogP contribution < -0.4 is 0 Å². The predicted octanol–water partition coefficient (Wildman–Crippen LogP) is 0.482. The molecule has 0 aliphatic carbocycles. The first-order chi connectivity index (χ1) is 10.4. The van der Waals surface area contributed by atoms with Gasteiger partial charge in [0, 0.05) is 38.1 Å². The number of hydrogen-bond acceptors (Lipinski definition) is 6. The average molecular weight is 314 g/mol. The normalized spacial score (nSPS) is 31.8. The van der Waals surface area contributed by atoms with Gasteiger partial charge >= 0.3 is 5.97 Å². The number of aliphatic hydroxyl groups is 1. The lowest BCUT2D eigenvalue weighted by atomic mass is 10.2. The van der Waals surface area contributed by atoms with Crippen LogP contribution >= 0.6 is 0 Å². The van der Waals surface area contributed by atoms with Gasteiger partial charge in [-0.2, -0.15) is 0 Å². The van der Waals surface area contributed by atoms with E-state index in [4.69, 9.17) is 9.47 Å². The summed E-state index contributed by atoms with van der Waals surface area (Å²) in [7, 11) is 1.44. The molecule has 0 radical (unpaired) electrons. The first-order valence-electron chi connectivity index (χ1n) is 8.29. The number of β-amino-alcohol motifs (C(OH)–C–C–N with tert-alkyl or cyclic N) is 1. The molecule has 0 spiro atoms. The van der Waals surface area contributed by atoms with Crippen molar-refractivity contribution >= 4 is 5.97 Å². The molecule has 22 heavy (non-hydrogen) atoms. The van der Waals surface area contributed by atoms with Crippen molar-refractivity contribution in [1.82, 2.24) is 9.80 Å². The Morgan fingerprint density at radius 1 is 1.32 bits per heavy atom. The van der Waals surface area contributed by atoms with Crippen LogP contribution in [0.5, 0.6) is 0 Å². The second-order valence-corrected chi connectivity index (χ2v) is 6.81. The summed E-state index contributed by atoms with van der Waals surface area (Å²) in [5.74, 6) is -0.171. The fraction of sp³-hybridized carbons (Fsp3) is 0.938. The highest BCUT2D eigenvalue weighted by atomic mass is 16.5. The first-order valence-corrected chi connectivity index (χ1v) is 8.29. The molecule has 6 heteroatoms. The van der Waals surface area contributed by atoms with E-state index in [0.717, 1.165) is 26.1 Å². The van der Waals surface area contributed by atoms with Crippen molar-refractivity contribution in [2.75, 3.05) is 33.4 Å². The molecular formula is C16H30N2O4. The standard InChI is InChI=1S/C16H30N2O4/c1-11(2)18-9-14(7-15(18)16(20)21-4)22-10-12(3)17-6-5-13(19)8-17/h11-15,19H,5-10H2,1-4H3. The minimum atomic E-state index is -0.200. The van der Waals surface area contributed by atoms with Gasteiger partial charge in [-0.25, -0.2) is 0 Å². The summed E-state index contributed by atoms with van der Waals surface area (Å²) in [5, 5.41) is 9.61. The Morgan fingerprint density at radius 3 is 2.59 bits per heavy atom. The molecule has 4 unspecified atom stereocenters. The molecule has 128 valence electrons. The third kappa shape index (κ3) is 4.19. The third-order valence-electron chi connectivity index (χ3n) is 4.83. The van der Waals surface area contributed by atoms with Crippen molar-refractivity contribution in [3.8, 4) is 0 Å². The molecule has 6 nitrogen and oxygen atoms in total. The van der Waals surface area contributed by atoms with Crippen LogP contribution in [-0.2, 0) is 14.3 Å². The summed E-state index contributed by atoms with van der Waals surface area (Å²) in [4.78, 5) is 16.3. The van der Waals surface area contributed by atoms with Gasteiger partial charge in [-0.05, 0) is 27.2 Å². The fourth-order valence-corrected chi connectivity index (χ4v) is 3.43. The van der Waals surface area contributed by atoms with Crippen LogP contribution in [0.1, 0.15) is 33.6 Å². The smallest absolute Gasteiger partial charge is 0.323 e. The minimum Gasteiger partial charge on any atom is -0.468 e. The maximum atomic E-state index is 11.9. The molecule has 2 saturated heterocycles. The van der Waals surface area contributed by atoms with E-state index >= 15 is 0 Å².